The topological polar surface area (TPSA) is 68.0 Å². The van der Waals surface area contributed by atoms with Crippen molar-refractivity contribution < 1.29 is 0 Å². The average molecular weight is 385 g/mol. The molecule has 0 radical (unpaired) electrons. The van der Waals surface area contributed by atoms with E-state index in [9.17, 15) is 0 Å². The lowest BCUT2D eigenvalue weighted by Gasteiger charge is -2.03. The lowest BCUT2D eigenvalue weighted by molar-refractivity contribution is 0.811. The molecule has 2 aromatic carbocycles. The number of anilines is 1. The maximum atomic E-state index is 6.12. The minimum atomic E-state index is 0.300. The number of nitrogens with one attached hydrogen (secondary N) is 1. The van der Waals surface area contributed by atoms with E-state index in [1.807, 2.05) is 24.3 Å². The molecule has 130 valence electrons. The number of rotatable bonds is 4. The molecule has 8 heteroatoms. The lowest BCUT2D eigenvalue weighted by Crippen LogP contribution is -2.02. The maximum absolute atomic E-state index is 6.12. The lowest BCUT2D eigenvalue weighted by atomic mass is 10.2. The fourth-order valence-corrected chi connectivity index (χ4v) is 3.35. The van der Waals surface area contributed by atoms with Gasteiger partial charge >= 0.3 is 0 Å². The number of halogens is 2. The predicted molar refractivity (Wildman–Crippen MR) is 106 cm³/mol. The summed E-state index contributed by atoms with van der Waals surface area (Å²) in [7, 11) is 0. The Morgan fingerprint density at radius 2 is 1.85 bits per heavy atom. The summed E-state index contributed by atoms with van der Waals surface area (Å²) < 4.78 is 2.10. The van der Waals surface area contributed by atoms with Crippen molar-refractivity contribution in [3.8, 4) is 0 Å². The van der Waals surface area contributed by atoms with Gasteiger partial charge in [0, 0.05) is 17.5 Å². The second-order valence-electron chi connectivity index (χ2n) is 5.57. The molecule has 4 aromatic rings. The molecule has 0 bridgehead atoms. The van der Waals surface area contributed by atoms with E-state index in [0.29, 0.717) is 21.6 Å². The molecule has 0 amide bonds. The summed E-state index contributed by atoms with van der Waals surface area (Å²) in [6.45, 7) is 2.85. The standard InChI is InChI=1S/C18H14Cl2N6/c1-2-26-15-9-4-3-6-11(15)16-17(26)22-18(25-23-16)24-21-10-12-13(19)7-5-8-14(12)20/h3-10H,2H2,1H3,(H,22,24,25)/b21-10+. The zero-order valence-corrected chi connectivity index (χ0v) is 15.3. The summed E-state index contributed by atoms with van der Waals surface area (Å²) in [4.78, 5) is 4.56. The van der Waals surface area contributed by atoms with E-state index in [1.54, 1.807) is 18.2 Å². The molecule has 0 atom stereocenters. The Morgan fingerprint density at radius 1 is 1.08 bits per heavy atom. The minimum Gasteiger partial charge on any atom is -0.324 e. The Kier molecular flexibility index (Phi) is 4.44. The zero-order valence-electron chi connectivity index (χ0n) is 13.8. The molecular formula is C18H14Cl2N6. The van der Waals surface area contributed by atoms with E-state index < -0.39 is 0 Å². The maximum Gasteiger partial charge on any atom is 0.265 e. The normalized spacial score (nSPS) is 11.7. The van der Waals surface area contributed by atoms with Crippen molar-refractivity contribution in [1.82, 2.24) is 19.7 Å². The van der Waals surface area contributed by atoms with Crippen LogP contribution >= 0.6 is 23.2 Å². The Hall–Kier alpha value is -2.70. The van der Waals surface area contributed by atoms with Crippen LogP contribution in [0, 0.1) is 0 Å². The Balaban J connectivity index is 1.70. The number of fused-ring (bicyclic) bond motifs is 3. The van der Waals surface area contributed by atoms with Gasteiger partial charge < -0.3 is 4.57 Å². The number of aryl methyl sites for hydroxylation is 1. The van der Waals surface area contributed by atoms with Crippen LogP contribution in [-0.4, -0.2) is 26.0 Å². The van der Waals surface area contributed by atoms with Crippen molar-refractivity contribution in [3.63, 3.8) is 0 Å². The number of para-hydroxylation sites is 1. The molecule has 0 saturated heterocycles. The first kappa shape index (κ1) is 16.8. The Bertz CT molecular complexity index is 1120. The van der Waals surface area contributed by atoms with Gasteiger partial charge in [0.2, 0.25) is 0 Å². The molecule has 0 fully saturated rings. The molecule has 2 heterocycles. The second-order valence-corrected chi connectivity index (χ2v) is 6.39. The van der Waals surface area contributed by atoms with Gasteiger partial charge in [-0.2, -0.15) is 10.1 Å². The quantitative estimate of drug-likeness (QED) is 0.407. The molecule has 0 unspecified atom stereocenters. The second kappa shape index (κ2) is 6.90. The summed E-state index contributed by atoms with van der Waals surface area (Å²) in [6.07, 6.45) is 1.54. The first-order valence-electron chi connectivity index (χ1n) is 8.03. The summed E-state index contributed by atoms with van der Waals surface area (Å²) in [5.41, 5.74) is 6.02. The van der Waals surface area contributed by atoms with Gasteiger partial charge in [0.15, 0.2) is 5.65 Å². The van der Waals surface area contributed by atoms with E-state index in [-0.39, 0.29) is 0 Å². The third-order valence-corrected chi connectivity index (χ3v) is 4.71. The molecule has 0 spiro atoms. The van der Waals surface area contributed by atoms with Crippen LogP contribution in [0.15, 0.2) is 47.6 Å². The summed E-state index contributed by atoms with van der Waals surface area (Å²) >= 11 is 12.2. The van der Waals surface area contributed by atoms with Crippen molar-refractivity contribution in [3.05, 3.63) is 58.1 Å². The molecule has 1 N–H and O–H groups in total. The highest BCUT2D eigenvalue weighted by molar-refractivity contribution is 6.38. The molecule has 0 aliphatic carbocycles. The molecule has 6 nitrogen and oxygen atoms in total. The molecule has 0 aliphatic heterocycles. The highest BCUT2D eigenvalue weighted by Gasteiger charge is 2.13. The van der Waals surface area contributed by atoms with Gasteiger partial charge in [-0.3, -0.25) is 0 Å². The fraction of sp³-hybridized carbons (Fsp3) is 0.111. The largest absolute Gasteiger partial charge is 0.324 e. The number of hydrogen-bond donors (Lipinski definition) is 1. The number of benzene rings is 2. The van der Waals surface area contributed by atoms with Gasteiger partial charge in [0.05, 0.1) is 21.8 Å². The molecule has 0 saturated carbocycles. The van der Waals surface area contributed by atoms with Crippen LogP contribution in [0.5, 0.6) is 0 Å². The predicted octanol–water partition coefficient (Wildman–Crippen LogP) is 4.75. The highest BCUT2D eigenvalue weighted by atomic mass is 35.5. The number of nitrogens with zero attached hydrogens (tertiary/aromatic N) is 5. The van der Waals surface area contributed by atoms with Gasteiger partial charge in [0.25, 0.3) is 5.95 Å². The van der Waals surface area contributed by atoms with Crippen LogP contribution in [0.25, 0.3) is 22.1 Å². The van der Waals surface area contributed by atoms with E-state index in [1.165, 1.54) is 6.21 Å². The highest BCUT2D eigenvalue weighted by Crippen LogP contribution is 2.26. The van der Waals surface area contributed by atoms with E-state index >= 15 is 0 Å². The SMILES string of the molecule is CCn1c2ccccc2c2nnc(N/N=C/c3c(Cl)cccc3Cl)nc21. The smallest absolute Gasteiger partial charge is 0.265 e. The van der Waals surface area contributed by atoms with Crippen molar-refractivity contribution in [2.24, 2.45) is 5.10 Å². The van der Waals surface area contributed by atoms with Crippen molar-refractivity contribution >= 4 is 57.4 Å². The summed E-state index contributed by atoms with van der Waals surface area (Å²) in [6, 6.07) is 13.3. The zero-order chi connectivity index (χ0) is 18.1. The van der Waals surface area contributed by atoms with Crippen molar-refractivity contribution in [1.29, 1.82) is 0 Å². The van der Waals surface area contributed by atoms with Gasteiger partial charge in [-0.05, 0) is 25.1 Å². The van der Waals surface area contributed by atoms with E-state index in [2.05, 4.69) is 37.2 Å². The van der Waals surface area contributed by atoms with Gasteiger partial charge in [-0.15, -0.1) is 10.2 Å². The van der Waals surface area contributed by atoms with Crippen molar-refractivity contribution in [2.45, 2.75) is 13.5 Å². The molecule has 26 heavy (non-hydrogen) atoms. The van der Waals surface area contributed by atoms with Crippen LogP contribution < -0.4 is 5.43 Å². The molecule has 4 rings (SSSR count). The number of hydrogen-bond acceptors (Lipinski definition) is 5. The monoisotopic (exact) mass is 384 g/mol. The van der Waals surface area contributed by atoms with Crippen LogP contribution in [0.4, 0.5) is 5.95 Å². The molecular weight excluding hydrogens is 371 g/mol. The van der Waals surface area contributed by atoms with Crippen LogP contribution in [-0.2, 0) is 6.54 Å². The summed E-state index contributed by atoms with van der Waals surface area (Å²) in [5, 5.41) is 14.6. The van der Waals surface area contributed by atoms with E-state index in [4.69, 9.17) is 23.2 Å². The van der Waals surface area contributed by atoms with Crippen LogP contribution in [0.3, 0.4) is 0 Å². The molecule has 2 aromatic heterocycles. The first-order valence-corrected chi connectivity index (χ1v) is 8.79. The number of hydrazone groups is 1. The van der Waals surface area contributed by atoms with Gasteiger partial charge in [0.1, 0.15) is 5.52 Å². The van der Waals surface area contributed by atoms with Gasteiger partial charge in [-0.1, -0.05) is 47.5 Å². The third kappa shape index (κ3) is 2.87. The minimum absolute atomic E-state index is 0.300. The fourth-order valence-electron chi connectivity index (χ4n) is 2.86. The van der Waals surface area contributed by atoms with Crippen LogP contribution in [0.1, 0.15) is 12.5 Å². The Morgan fingerprint density at radius 3 is 2.62 bits per heavy atom. The average Bonchev–Trinajstić information content (AvgIpc) is 2.97. The molecule has 0 aliphatic rings. The third-order valence-electron chi connectivity index (χ3n) is 4.05. The van der Waals surface area contributed by atoms with Gasteiger partial charge in [-0.25, -0.2) is 5.43 Å². The van der Waals surface area contributed by atoms with Crippen molar-refractivity contribution in [2.75, 3.05) is 5.43 Å². The summed E-state index contributed by atoms with van der Waals surface area (Å²) in [5.74, 6) is 0.300. The van der Waals surface area contributed by atoms with E-state index in [0.717, 1.165) is 28.6 Å². The Labute approximate surface area is 159 Å². The first-order chi connectivity index (χ1) is 12.7. The van der Waals surface area contributed by atoms with Crippen LogP contribution in [0.2, 0.25) is 10.0 Å². The number of aromatic nitrogens is 4.